The highest BCUT2D eigenvalue weighted by Crippen LogP contribution is 2.29. The van der Waals surface area contributed by atoms with Crippen LogP contribution < -0.4 is 5.32 Å². The van der Waals surface area contributed by atoms with E-state index in [0.29, 0.717) is 13.0 Å². The Labute approximate surface area is 118 Å². The molecule has 1 aromatic rings. The van der Waals surface area contributed by atoms with E-state index in [1.807, 2.05) is 30.3 Å². The molecule has 4 atom stereocenters. The van der Waals surface area contributed by atoms with E-state index in [4.69, 9.17) is 4.74 Å². The van der Waals surface area contributed by atoms with Crippen LogP contribution in [0.4, 0.5) is 0 Å². The highest BCUT2D eigenvalue weighted by Gasteiger charge is 2.41. The molecular formula is C15H21NO4. The number of rotatable bonds is 5. The van der Waals surface area contributed by atoms with Gasteiger partial charge in [0, 0.05) is 12.5 Å². The molecule has 0 radical (unpaired) electrons. The van der Waals surface area contributed by atoms with Crippen molar-refractivity contribution in [3.63, 3.8) is 0 Å². The second-order valence-electron chi connectivity index (χ2n) is 4.99. The van der Waals surface area contributed by atoms with Crippen molar-refractivity contribution in [1.82, 2.24) is 5.32 Å². The molecule has 0 aliphatic carbocycles. The maximum atomic E-state index is 11.3. The van der Waals surface area contributed by atoms with Gasteiger partial charge in [-0.1, -0.05) is 30.3 Å². The molecule has 20 heavy (non-hydrogen) atoms. The summed E-state index contributed by atoms with van der Waals surface area (Å²) in [5.41, 5.74) is 0.928. The maximum absolute atomic E-state index is 11.3. The van der Waals surface area contributed by atoms with Crippen LogP contribution in [0.3, 0.4) is 0 Å². The lowest BCUT2D eigenvalue weighted by molar-refractivity contribution is -0.143. The maximum Gasteiger partial charge on any atom is 0.305 e. The molecule has 0 bridgehead atoms. The first-order chi connectivity index (χ1) is 9.63. The lowest BCUT2D eigenvalue weighted by atomic mass is 10.00. The Hall–Kier alpha value is -1.43. The number of benzene rings is 1. The molecule has 110 valence electrons. The Morgan fingerprint density at radius 2 is 1.95 bits per heavy atom. The fraction of sp³-hybridized carbons (Fsp3) is 0.533. The van der Waals surface area contributed by atoms with Gasteiger partial charge in [-0.05, 0) is 18.9 Å². The summed E-state index contributed by atoms with van der Waals surface area (Å²) in [4.78, 5) is 11.3. The molecule has 1 aliphatic rings. The van der Waals surface area contributed by atoms with Gasteiger partial charge in [0.1, 0.15) is 6.10 Å². The summed E-state index contributed by atoms with van der Waals surface area (Å²) in [5.74, 6) is -0.279. The van der Waals surface area contributed by atoms with Crippen LogP contribution in [-0.4, -0.2) is 41.0 Å². The fourth-order valence-corrected chi connectivity index (χ4v) is 2.58. The van der Waals surface area contributed by atoms with Crippen molar-refractivity contribution in [2.75, 3.05) is 6.61 Å². The second-order valence-corrected chi connectivity index (χ2v) is 4.99. The normalized spacial score (nSPS) is 29.4. The topological polar surface area (TPSA) is 78.8 Å². The number of aliphatic hydroxyl groups excluding tert-OH is 2. The molecule has 1 fully saturated rings. The van der Waals surface area contributed by atoms with E-state index in [1.54, 1.807) is 6.92 Å². The molecule has 2 rings (SSSR count). The smallest absolute Gasteiger partial charge is 0.305 e. The minimum absolute atomic E-state index is 0.233. The Kier molecular flexibility index (Phi) is 5.11. The predicted octanol–water partition coefficient (Wildman–Crippen LogP) is 0.765. The highest BCUT2D eigenvalue weighted by atomic mass is 16.5. The van der Waals surface area contributed by atoms with Crippen molar-refractivity contribution < 1.29 is 19.7 Å². The van der Waals surface area contributed by atoms with E-state index in [9.17, 15) is 15.0 Å². The molecule has 1 saturated heterocycles. The SMILES string of the molecule is CCOC(=O)CC[C@H]1N[C@@H](c2ccccc2)[C@H](O)[C@@H]1O. The highest BCUT2D eigenvalue weighted by molar-refractivity contribution is 5.69. The van der Waals surface area contributed by atoms with E-state index in [-0.39, 0.29) is 24.5 Å². The molecule has 0 aromatic heterocycles. The van der Waals surface area contributed by atoms with E-state index >= 15 is 0 Å². The Balaban J connectivity index is 1.95. The van der Waals surface area contributed by atoms with Gasteiger partial charge in [0.05, 0.1) is 18.8 Å². The second kappa shape index (κ2) is 6.83. The lowest BCUT2D eigenvalue weighted by Crippen LogP contribution is -2.33. The van der Waals surface area contributed by atoms with Gasteiger partial charge < -0.3 is 20.3 Å². The summed E-state index contributed by atoms with van der Waals surface area (Å²) >= 11 is 0. The first kappa shape index (κ1) is 15.0. The van der Waals surface area contributed by atoms with Crippen molar-refractivity contribution in [2.45, 2.75) is 44.1 Å². The summed E-state index contributed by atoms with van der Waals surface area (Å²) in [6, 6.07) is 8.88. The summed E-state index contributed by atoms with van der Waals surface area (Å²) in [5, 5.41) is 23.4. The van der Waals surface area contributed by atoms with Crippen LogP contribution in [0.1, 0.15) is 31.4 Å². The number of carbonyl (C=O) groups is 1. The summed E-state index contributed by atoms with van der Waals surface area (Å²) in [6.45, 7) is 2.12. The largest absolute Gasteiger partial charge is 0.466 e. The molecule has 0 spiro atoms. The zero-order valence-electron chi connectivity index (χ0n) is 11.5. The third-order valence-corrected chi connectivity index (χ3v) is 3.62. The van der Waals surface area contributed by atoms with E-state index in [0.717, 1.165) is 5.56 Å². The molecule has 1 aliphatic heterocycles. The number of esters is 1. The van der Waals surface area contributed by atoms with Gasteiger partial charge in [0.15, 0.2) is 0 Å². The number of hydrogen-bond acceptors (Lipinski definition) is 5. The van der Waals surface area contributed by atoms with Crippen LogP contribution in [0.2, 0.25) is 0 Å². The summed E-state index contributed by atoms with van der Waals surface area (Å²) in [6.07, 6.45) is -1.07. The summed E-state index contributed by atoms with van der Waals surface area (Å²) in [7, 11) is 0. The van der Waals surface area contributed by atoms with Crippen molar-refractivity contribution in [3.05, 3.63) is 35.9 Å². The average molecular weight is 279 g/mol. The molecule has 0 unspecified atom stereocenters. The zero-order valence-corrected chi connectivity index (χ0v) is 11.5. The Morgan fingerprint density at radius 1 is 1.25 bits per heavy atom. The quantitative estimate of drug-likeness (QED) is 0.694. The number of hydrogen-bond donors (Lipinski definition) is 3. The Bertz CT molecular complexity index is 437. The Morgan fingerprint density at radius 3 is 2.60 bits per heavy atom. The minimum Gasteiger partial charge on any atom is -0.466 e. The fourth-order valence-electron chi connectivity index (χ4n) is 2.58. The van der Waals surface area contributed by atoms with Crippen molar-refractivity contribution in [2.24, 2.45) is 0 Å². The predicted molar refractivity (Wildman–Crippen MR) is 74.0 cm³/mol. The van der Waals surface area contributed by atoms with Crippen LogP contribution in [0.5, 0.6) is 0 Å². The number of nitrogens with one attached hydrogen (secondary N) is 1. The zero-order chi connectivity index (χ0) is 14.5. The number of carbonyl (C=O) groups excluding carboxylic acids is 1. The van der Waals surface area contributed by atoms with Crippen LogP contribution in [0.15, 0.2) is 30.3 Å². The van der Waals surface area contributed by atoms with Gasteiger partial charge in [0.2, 0.25) is 0 Å². The van der Waals surface area contributed by atoms with Crippen molar-refractivity contribution in [1.29, 1.82) is 0 Å². The molecule has 0 saturated carbocycles. The molecular weight excluding hydrogens is 258 g/mol. The van der Waals surface area contributed by atoms with Crippen molar-refractivity contribution >= 4 is 5.97 Å². The van der Waals surface area contributed by atoms with Gasteiger partial charge in [-0.2, -0.15) is 0 Å². The van der Waals surface area contributed by atoms with E-state index in [1.165, 1.54) is 0 Å². The van der Waals surface area contributed by atoms with Gasteiger partial charge in [0.25, 0.3) is 0 Å². The molecule has 0 amide bonds. The molecule has 3 N–H and O–H groups in total. The van der Waals surface area contributed by atoms with Crippen LogP contribution >= 0.6 is 0 Å². The summed E-state index contributed by atoms with van der Waals surface area (Å²) < 4.78 is 4.86. The van der Waals surface area contributed by atoms with Crippen LogP contribution in [0, 0.1) is 0 Å². The first-order valence-corrected chi connectivity index (χ1v) is 6.96. The van der Waals surface area contributed by atoms with Gasteiger partial charge in [-0.3, -0.25) is 4.79 Å². The molecule has 1 heterocycles. The molecule has 1 aromatic carbocycles. The van der Waals surface area contributed by atoms with Crippen LogP contribution in [0.25, 0.3) is 0 Å². The molecule has 5 heteroatoms. The van der Waals surface area contributed by atoms with Crippen molar-refractivity contribution in [3.8, 4) is 0 Å². The monoisotopic (exact) mass is 279 g/mol. The average Bonchev–Trinajstić information content (AvgIpc) is 2.74. The lowest BCUT2D eigenvalue weighted by Gasteiger charge is -2.15. The third kappa shape index (κ3) is 3.36. The van der Waals surface area contributed by atoms with E-state index < -0.39 is 12.2 Å². The van der Waals surface area contributed by atoms with Crippen LogP contribution in [-0.2, 0) is 9.53 Å². The first-order valence-electron chi connectivity index (χ1n) is 6.96. The number of ether oxygens (including phenoxy) is 1. The number of aliphatic hydroxyl groups is 2. The molecule has 5 nitrogen and oxygen atoms in total. The van der Waals surface area contributed by atoms with E-state index in [2.05, 4.69) is 5.32 Å². The third-order valence-electron chi connectivity index (χ3n) is 3.62. The van der Waals surface area contributed by atoms with Gasteiger partial charge in [-0.25, -0.2) is 0 Å². The minimum atomic E-state index is -0.880. The standard InChI is InChI=1S/C15H21NO4/c1-2-20-12(17)9-8-11-14(18)15(19)13(16-11)10-6-4-3-5-7-10/h3-7,11,13-16,18-19H,2,8-9H2,1H3/t11-,13+,14-,15+/m1/s1. The van der Waals surface area contributed by atoms with Gasteiger partial charge in [-0.15, -0.1) is 0 Å². The van der Waals surface area contributed by atoms with Gasteiger partial charge >= 0.3 is 5.97 Å².